The van der Waals surface area contributed by atoms with Crippen molar-refractivity contribution in [2.24, 2.45) is 0 Å². The average Bonchev–Trinajstić information content (AvgIpc) is 2.84. The van der Waals surface area contributed by atoms with Crippen molar-refractivity contribution in [2.75, 3.05) is 13.0 Å². The summed E-state index contributed by atoms with van der Waals surface area (Å²) in [6, 6.07) is 7.00. The van der Waals surface area contributed by atoms with Gasteiger partial charge in [-0.2, -0.15) is 0 Å². The van der Waals surface area contributed by atoms with E-state index in [4.69, 9.17) is 9.47 Å². The zero-order valence-corrected chi connectivity index (χ0v) is 16.9. The van der Waals surface area contributed by atoms with Crippen molar-refractivity contribution in [2.45, 2.75) is 44.1 Å². The molecule has 0 N–H and O–H groups in total. The lowest BCUT2D eigenvalue weighted by molar-refractivity contribution is -0.147. The number of thioether (sulfide) groups is 1. The Balaban J connectivity index is 2.38. The van der Waals surface area contributed by atoms with Crippen molar-refractivity contribution in [3.63, 3.8) is 0 Å². The quantitative estimate of drug-likeness (QED) is 0.679. The third kappa shape index (κ3) is 3.88. The standard InChI is InChI=1S/C17H22BrNO4S/c1-16(2,3)23-15(21)19-10-24-17(4,13(19)14(20)22-5)11-6-8-12(18)9-7-11/h6-9,13H,10H2,1-5H3. The first-order valence-corrected chi connectivity index (χ1v) is 9.34. The van der Waals surface area contributed by atoms with Crippen molar-refractivity contribution in [3.8, 4) is 0 Å². The molecule has 0 bridgehead atoms. The Morgan fingerprint density at radius 3 is 2.38 bits per heavy atom. The maximum Gasteiger partial charge on any atom is 0.411 e. The Morgan fingerprint density at radius 1 is 1.29 bits per heavy atom. The number of carbonyl (C=O) groups excluding carboxylic acids is 2. The minimum atomic E-state index is -0.747. The lowest BCUT2D eigenvalue weighted by Crippen LogP contribution is -2.50. The van der Waals surface area contributed by atoms with E-state index in [2.05, 4.69) is 15.9 Å². The molecule has 5 nitrogen and oxygen atoms in total. The first kappa shape index (κ1) is 19.1. The van der Waals surface area contributed by atoms with E-state index in [1.165, 1.54) is 23.8 Å². The lowest BCUT2D eigenvalue weighted by atomic mass is 9.91. The van der Waals surface area contributed by atoms with Crippen LogP contribution in [0.2, 0.25) is 0 Å². The van der Waals surface area contributed by atoms with E-state index in [1.54, 1.807) is 20.8 Å². The highest BCUT2D eigenvalue weighted by atomic mass is 79.9. The molecule has 2 atom stereocenters. The third-order valence-electron chi connectivity index (χ3n) is 3.81. The van der Waals surface area contributed by atoms with Crippen LogP contribution in [0, 0.1) is 0 Å². The fraction of sp³-hybridized carbons (Fsp3) is 0.529. The number of ether oxygens (including phenoxy) is 2. The second-order valence-electron chi connectivity index (χ2n) is 6.76. The number of nitrogens with zero attached hydrogens (tertiary/aromatic N) is 1. The van der Waals surface area contributed by atoms with Crippen LogP contribution < -0.4 is 0 Å². The SMILES string of the molecule is COC(=O)C1N(C(=O)OC(C)(C)C)CSC1(C)c1ccc(Br)cc1. The summed E-state index contributed by atoms with van der Waals surface area (Å²) in [5.41, 5.74) is 0.330. The van der Waals surface area contributed by atoms with Gasteiger partial charge in [-0.1, -0.05) is 28.1 Å². The second kappa shape index (κ2) is 6.96. The fourth-order valence-corrected chi connectivity index (χ4v) is 4.23. The van der Waals surface area contributed by atoms with Crippen LogP contribution >= 0.6 is 27.7 Å². The van der Waals surface area contributed by atoms with E-state index in [-0.39, 0.29) is 0 Å². The number of hydrogen-bond acceptors (Lipinski definition) is 5. The van der Waals surface area contributed by atoms with Gasteiger partial charge >= 0.3 is 12.1 Å². The minimum Gasteiger partial charge on any atom is -0.467 e. The van der Waals surface area contributed by atoms with Gasteiger partial charge in [0.2, 0.25) is 0 Å². The van der Waals surface area contributed by atoms with Crippen LogP contribution in [0.4, 0.5) is 4.79 Å². The summed E-state index contributed by atoms with van der Waals surface area (Å²) < 4.78 is 10.8. The molecule has 1 aromatic rings. The van der Waals surface area contributed by atoms with Crippen molar-refractivity contribution in [1.82, 2.24) is 4.90 Å². The van der Waals surface area contributed by atoms with Gasteiger partial charge in [-0.15, -0.1) is 11.8 Å². The van der Waals surface area contributed by atoms with E-state index < -0.39 is 28.5 Å². The number of rotatable bonds is 2. The molecule has 1 heterocycles. The first-order valence-electron chi connectivity index (χ1n) is 7.56. The highest BCUT2D eigenvalue weighted by Crippen LogP contribution is 2.48. The molecule has 2 rings (SSSR count). The minimum absolute atomic E-state index is 0.362. The molecule has 1 amide bonds. The number of esters is 1. The summed E-state index contributed by atoms with van der Waals surface area (Å²) in [7, 11) is 1.33. The van der Waals surface area contributed by atoms with Gasteiger partial charge in [-0.3, -0.25) is 4.90 Å². The molecule has 7 heteroatoms. The molecule has 0 spiro atoms. The molecule has 2 unspecified atom stereocenters. The highest BCUT2D eigenvalue weighted by molar-refractivity contribution is 9.10. The molecule has 132 valence electrons. The van der Waals surface area contributed by atoms with Crippen LogP contribution in [0.5, 0.6) is 0 Å². The van der Waals surface area contributed by atoms with Crippen LogP contribution in [0.15, 0.2) is 28.7 Å². The molecule has 0 aliphatic carbocycles. The maximum absolute atomic E-state index is 12.5. The van der Waals surface area contributed by atoms with E-state index in [1.807, 2.05) is 31.2 Å². The zero-order valence-electron chi connectivity index (χ0n) is 14.5. The smallest absolute Gasteiger partial charge is 0.411 e. The zero-order chi connectivity index (χ0) is 18.1. The highest BCUT2D eigenvalue weighted by Gasteiger charge is 2.53. The van der Waals surface area contributed by atoms with Crippen LogP contribution in [0.25, 0.3) is 0 Å². The number of methoxy groups -OCH3 is 1. The van der Waals surface area contributed by atoms with Crippen molar-refractivity contribution in [3.05, 3.63) is 34.3 Å². The lowest BCUT2D eigenvalue weighted by Gasteiger charge is -2.33. The Hall–Kier alpha value is -1.21. The predicted octanol–water partition coefficient (Wildman–Crippen LogP) is 4.15. The van der Waals surface area contributed by atoms with Crippen LogP contribution in [-0.2, 0) is 19.0 Å². The summed E-state index contributed by atoms with van der Waals surface area (Å²) >= 11 is 4.94. The van der Waals surface area contributed by atoms with E-state index in [0.717, 1.165) is 10.0 Å². The van der Waals surface area contributed by atoms with Crippen molar-refractivity contribution >= 4 is 39.8 Å². The maximum atomic E-state index is 12.5. The molecule has 0 aromatic heterocycles. The van der Waals surface area contributed by atoms with Crippen molar-refractivity contribution < 1.29 is 19.1 Å². The molecule has 0 saturated carbocycles. The number of carbonyl (C=O) groups is 2. The van der Waals surface area contributed by atoms with Gasteiger partial charge < -0.3 is 9.47 Å². The first-order chi connectivity index (χ1) is 11.1. The van der Waals surface area contributed by atoms with Gasteiger partial charge in [0.05, 0.1) is 17.7 Å². The Labute approximate surface area is 155 Å². The molecule has 1 aromatic carbocycles. The van der Waals surface area contributed by atoms with E-state index >= 15 is 0 Å². The van der Waals surface area contributed by atoms with Crippen LogP contribution in [-0.4, -0.2) is 41.6 Å². The summed E-state index contributed by atoms with van der Waals surface area (Å²) in [5, 5.41) is 0. The normalized spacial score (nSPS) is 23.9. The van der Waals surface area contributed by atoms with Gasteiger partial charge in [0, 0.05) is 4.47 Å². The fourth-order valence-electron chi connectivity index (χ4n) is 2.62. The summed E-state index contributed by atoms with van der Waals surface area (Å²) in [5.74, 6) is -0.0855. The summed E-state index contributed by atoms with van der Waals surface area (Å²) in [6.07, 6.45) is -0.508. The Morgan fingerprint density at radius 2 is 1.88 bits per heavy atom. The third-order valence-corrected chi connectivity index (χ3v) is 5.80. The molecular weight excluding hydrogens is 394 g/mol. The number of halogens is 1. The molecule has 0 radical (unpaired) electrons. The van der Waals surface area contributed by atoms with Gasteiger partial charge in [0.25, 0.3) is 0 Å². The van der Waals surface area contributed by atoms with Gasteiger partial charge in [-0.25, -0.2) is 9.59 Å². The molecule has 1 aliphatic heterocycles. The monoisotopic (exact) mass is 415 g/mol. The van der Waals surface area contributed by atoms with Crippen LogP contribution in [0.3, 0.4) is 0 Å². The Bertz CT molecular complexity index is 628. The van der Waals surface area contributed by atoms with Gasteiger partial charge in [0.15, 0.2) is 6.04 Å². The van der Waals surface area contributed by atoms with E-state index in [9.17, 15) is 9.59 Å². The molecule has 1 aliphatic rings. The summed E-state index contributed by atoms with van der Waals surface area (Å²) in [4.78, 5) is 26.4. The average molecular weight is 416 g/mol. The molecule has 24 heavy (non-hydrogen) atoms. The predicted molar refractivity (Wildman–Crippen MR) is 97.8 cm³/mol. The van der Waals surface area contributed by atoms with Gasteiger partial charge in [0.1, 0.15) is 5.60 Å². The molecular formula is C17H22BrNO4S. The Kier molecular flexibility index (Phi) is 5.54. The second-order valence-corrected chi connectivity index (χ2v) is 9.07. The largest absolute Gasteiger partial charge is 0.467 e. The van der Waals surface area contributed by atoms with Crippen molar-refractivity contribution in [1.29, 1.82) is 0 Å². The number of hydrogen-bond donors (Lipinski definition) is 0. The molecule has 1 fully saturated rings. The number of amides is 1. The number of benzene rings is 1. The van der Waals surface area contributed by atoms with Crippen LogP contribution in [0.1, 0.15) is 33.3 Å². The van der Waals surface area contributed by atoms with E-state index in [0.29, 0.717) is 5.88 Å². The summed E-state index contributed by atoms with van der Waals surface area (Å²) in [6.45, 7) is 7.35. The van der Waals surface area contributed by atoms with Gasteiger partial charge in [-0.05, 0) is 45.4 Å². The molecule has 1 saturated heterocycles. The topological polar surface area (TPSA) is 55.8 Å².